The first-order valence-corrected chi connectivity index (χ1v) is 11.0. The Morgan fingerprint density at radius 3 is 1.88 bits per heavy atom. The van der Waals surface area contributed by atoms with Gasteiger partial charge in [-0.15, -0.1) is 0 Å². The lowest BCUT2D eigenvalue weighted by Crippen LogP contribution is -2.12. The van der Waals surface area contributed by atoms with Crippen LogP contribution >= 0.6 is 0 Å². The molecule has 0 atom stereocenters. The third-order valence-corrected chi connectivity index (χ3v) is 6.36. The number of carbonyl (C=O) groups excluding carboxylic acids is 1. The first-order chi connectivity index (χ1) is 15.5. The Morgan fingerprint density at radius 2 is 1.34 bits per heavy atom. The van der Waals surface area contributed by atoms with E-state index in [1.807, 2.05) is 24.3 Å². The minimum Gasteiger partial charge on any atom is -0.458 e. The second kappa shape index (κ2) is 9.90. The minimum absolute atomic E-state index is 0.262. The Morgan fingerprint density at radius 1 is 0.812 bits per heavy atom. The van der Waals surface area contributed by atoms with Gasteiger partial charge in [0.2, 0.25) is 0 Å². The average molecular weight is 433 g/mol. The average Bonchev–Trinajstić information content (AvgIpc) is 2.85. The molecule has 0 amide bonds. The number of benzene rings is 3. The van der Waals surface area contributed by atoms with Crippen LogP contribution in [0.1, 0.15) is 54.2 Å². The molecular weight excluding hydrogens is 406 g/mol. The van der Waals surface area contributed by atoms with E-state index in [0.29, 0.717) is 17.4 Å². The Bertz CT molecular complexity index is 1080. The Hall–Kier alpha value is -3.27. The first-order valence-electron chi connectivity index (χ1n) is 11.0. The van der Waals surface area contributed by atoms with Crippen molar-refractivity contribution >= 4 is 5.97 Å². The fourth-order valence-electron chi connectivity index (χ4n) is 4.48. The lowest BCUT2D eigenvalue weighted by Gasteiger charge is -2.29. The van der Waals surface area contributed by atoms with Crippen LogP contribution in [0.3, 0.4) is 0 Å². The lowest BCUT2D eigenvalue weighted by atomic mass is 9.76. The van der Waals surface area contributed by atoms with Crippen LogP contribution in [0.2, 0.25) is 0 Å². The summed E-state index contributed by atoms with van der Waals surface area (Å²) in [5, 5.41) is 0. The highest BCUT2D eigenvalue weighted by Crippen LogP contribution is 2.40. The van der Waals surface area contributed by atoms with Gasteiger partial charge in [0.25, 0.3) is 0 Å². The first kappa shape index (κ1) is 21.9. The predicted octanol–water partition coefficient (Wildman–Crippen LogP) is 7.30. The molecule has 0 aliphatic heterocycles. The maximum absolute atomic E-state index is 13.5. The molecule has 0 unspecified atom stereocenters. The number of rotatable bonds is 6. The van der Waals surface area contributed by atoms with E-state index < -0.39 is 17.6 Å². The molecule has 3 aromatic rings. The fourth-order valence-corrected chi connectivity index (χ4v) is 4.48. The number of ether oxygens (including phenoxy) is 1. The van der Waals surface area contributed by atoms with Gasteiger partial charge in [-0.1, -0.05) is 61.2 Å². The minimum atomic E-state index is -0.826. The van der Waals surface area contributed by atoms with Crippen LogP contribution in [-0.2, 0) is 16.1 Å². The van der Waals surface area contributed by atoms with E-state index in [1.165, 1.54) is 29.3 Å². The molecule has 1 aliphatic carbocycles. The summed E-state index contributed by atoms with van der Waals surface area (Å²) in [6.45, 7) is 3.66. The second-order valence-corrected chi connectivity index (χ2v) is 8.35. The van der Waals surface area contributed by atoms with Gasteiger partial charge in [-0.2, -0.15) is 0 Å². The summed E-state index contributed by atoms with van der Waals surface area (Å²) < 4.78 is 31.8. The van der Waals surface area contributed by atoms with Crippen molar-refractivity contribution in [3.05, 3.63) is 108 Å². The maximum Gasteiger partial charge on any atom is 0.330 e. The van der Waals surface area contributed by atoms with Crippen LogP contribution < -0.4 is 0 Å². The van der Waals surface area contributed by atoms with Crippen LogP contribution in [-0.4, -0.2) is 5.97 Å². The SMILES string of the molecule is C=CC(=O)OCc1ccc(C2CCC(c3ccc(-c4ccc(F)c(F)c4)cc3)CC2)cc1. The van der Waals surface area contributed by atoms with Gasteiger partial charge in [0.1, 0.15) is 6.61 Å². The van der Waals surface area contributed by atoms with Crippen molar-refractivity contribution < 1.29 is 18.3 Å². The summed E-state index contributed by atoms with van der Waals surface area (Å²) in [6, 6.07) is 20.5. The zero-order valence-electron chi connectivity index (χ0n) is 17.9. The highest BCUT2D eigenvalue weighted by atomic mass is 19.2. The third kappa shape index (κ3) is 5.13. The molecule has 1 fully saturated rings. The van der Waals surface area contributed by atoms with Gasteiger partial charge in [-0.05, 0) is 77.5 Å². The number of hydrogen-bond donors (Lipinski definition) is 0. The maximum atomic E-state index is 13.5. The van der Waals surface area contributed by atoms with Crippen molar-refractivity contribution in [1.82, 2.24) is 0 Å². The van der Waals surface area contributed by atoms with Crippen LogP contribution in [0.25, 0.3) is 11.1 Å². The largest absolute Gasteiger partial charge is 0.458 e. The summed E-state index contributed by atoms with van der Waals surface area (Å²) in [4.78, 5) is 11.2. The summed E-state index contributed by atoms with van der Waals surface area (Å²) in [6.07, 6.45) is 5.66. The van der Waals surface area contributed by atoms with Crippen molar-refractivity contribution in [3.8, 4) is 11.1 Å². The zero-order chi connectivity index (χ0) is 22.5. The molecule has 0 saturated heterocycles. The van der Waals surface area contributed by atoms with Crippen LogP contribution in [0.5, 0.6) is 0 Å². The smallest absolute Gasteiger partial charge is 0.330 e. The number of esters is 1. The van der Waals surface area contributed by atoms with Gasteiger partial charge in [0.05, 0.1) is 0 Å². The van der Waals surface area contributed by atoms with Crippen molar-refractivity contribution in [2.45, 2.75) is 44.1 Å². The highest BCUT2D eigenvalue weighted by molar-refractivity contribution is 5.81. The van der Waals surface area contributed by atoms with Crippen molar-refractivity contribution in [3.63, 3.8) is 0 Å². The van der Waals surface area contributed by atoms with Crippen molar-refractivity contribution in [2.24, 2.45) is 0 Å². The molecule has 0 spiro atoms. The molecule has 0 heterocycles. The molecule has 3 aromatic carbocycles. The van der Waals surface area contributed by atoms with E-state index in [2.05, 4.69) is 30.8 Å². The molecule has 2 nitrogen and oxygen atoms in total. The van der Waals surface area contributed by atoms with Gasteiger partial charge in [-0.25, -0.2) is 13.6 Å². The molecule has 1 saturated carbocycles. The summed E-state index contributed by atoms with van der Waals surface area (Å²) in [5.74, 6) is -1.01. The van der Waals surface area contributed by atoms with Crippen LogP contribution in [0, 0.1) is 11.6 Å². The standard InChI is InChI=1S/C28H26F2O2/c1-2-28(31)32-18-19-3-5-20(6-4-19)21-7-9-22(10-8-21)23-11-13-24(14-12-23)25-15-16-26(29)27(30)17-25/h2-6,11-17,21-22H,1,7-10,18H2. The van der Waals surface area contributed by atoms with E-state index in [4.69, 9.17) is 4.74 Å². The third-order valence-electron chi connectivity index (χ3n) is 6.36. The van der Waals surface area contributed by atoms with E-state index in [0.717, 1.165) is 36.8 Å². The molecule has 0 radical (unpaired) electrons. The number of hydrogen-bond acceptors (Lipinski definition) is 2. The Balaban J connectivity index is 1.34. The van der Waals surface area contributed by atoms with E-state index >= 15 is 0 Å². The summed E-state index contributed by atoms with van der Waals surface area (Å²) in [5.41, 5.74) is 5.17. The molecule has 4 rings (SSSR count). The van der Waals surface area contributed by atoms with Crippen LogP contribution in [0.15, 0.2) is 79.4 Å². The molecular formula is C28H26F2O2. The predicted molar refractivity (Wildman–Crippen MR) is 122 cm³/mol. The van der Waals surface area contributed by atoms with Crippen molar-refractivity contribution in [2.75, 3.05) is 0 Å². The normalized spacial score (nSPS) is 18.2. The van der Waals surface area contributed by atoms with E-state index in [-0.39, 0.29) is 6.61 Å². The molecule has 0 aromatic heterocycles. The molecule has 4 heteroatoms. The highest BCUT2D eigenvalue weighted by Gasteiger charge is 2.23. The Labute approximate surface area is 187 Å². The van der Waals surface area contributed by atoms with E-state index in [9.17, 15) is 13.6 Å². The van der Waals surface area contributed by atoms with Crippen molar-refractivity contribution in [1.29, 1.82) is 0 Å². The van der Waals surface area contributed by atoms with Gasteiger partial charge in [-0.3, -0.25) is 0 Å². The molecule has 164 valence electrons. The topological polar surface area (TPSA) is 26.3 Å². The van der Waals surface area contributed by atoms with E-state index in [1.54, 1.807) is 6.07 Å². The molecule has 32 heavy (non-hydrogen) atoms. The summed E-state index contributed by atoms with van der Waals surface area (Å²) >= 11 is 0. The molecule has 0 bridgehead atoms. The molecule has 1 aliphatic rings. The van der Waals surface area contributed by atoms with Gasteiger partial charge < -0.3 is 4.74 Å². The number of halogens is 2. The monoisotopic (exact) mass is 432 g/mol. The molecule has 0 N–H and O–H groups in total. The Kier molecular flexibility index (Phi) is 6.79. The quantitative estimate of drug-likeness (QED) is 0.302. The zero-order valence-corrected chi connectivity index (χ0v) is 17.9. The second-order valence-electron chi connectivity index (χ2n) is 8.35. The van der Waals surface area contributed by atoms with Gasteiger partial charge in [0.15, 0.2) is 11.6 Å². The lowest BCUT2D eigenvalue weighted by molar-refractivity contribution is -0.138. The number of carbonyl (C=O) groups is 1. The van der Waals surface area contributed by atoms with Gasteiger partial charge >= 0.3 is 5.97 Å². The van der Waals surface area contributed by atoms with Crippen LogP contribution in [0.4, 0.5) is 8.78 Å². The summed E-state index contributed by atoms with van der Waals surface area (Å²) in [7, 11) is 0. The van der Waals surface area contributed by atoms with Gasteiger partial charge in [0, 0.05) is 6.08 Å². The fraction of sp³-hybridized carbons (Fsp3) is 0.250.